The van der Waals surface area contributed by atoms with Crippen molar-refractivity contribution in [3.05, 3.63) is 69.8 Å². The molecule has 0 aliphatic carbocycles. The van der Waals surface area contributed by atoms with E-state index in [4.69, 9.17) is 11.6 Å². The summed E-state index contributed by atoms with van der Waals surface area (Å²) in [5, 5.41) is -0.339. The molecule has 2 aromatic rings. The van der Waals surface area contributed by atoms with Crippen molar-refractivity contribution in [3.63, 3.8) is 0 Å². The molecule has 1 nitrogen and oxygen atoms in total. The van der Waals surface area contributed by atoms with E-state index in [1.54, 1.807) is 0 Å². The summed E-state index contributed by atoms with van der Waals surface area (Å²) in [6, 6.07) is 3.72. The Kier molecular flexibility index (Phi) is 3.57. The molecule has 0 heterocycles. The number of hydrogen-bond acceptors (Lipinski definition) is 1. The molecule has 0 amide bonds. The predicted molar refractivity (Wildman–Crippen MR) is 61.2 cm³/mol. The SMILES string of the molecule is O=C(c1cc(F)cc(F)c1)c1c(Cl)ccc(F)c1F. The molecule has 0 N–H and O–H groups in total. The first-order valence-electron chi connectivity index (χ1n) is 5.04. The van der Waals surface area contributed by atoms with Gasteiger partial charge in [-0.1, -0.05) is 11.6 Å². The average molecular weight is 289 g/mol. The van der Waals surface area contributed by atoms with E-state index in [9.17, 15) is 22.4 Å². The van der Waals surface area contributed by atoms with Crippen molar-refractivity contribution < 1.29 is 22.4 Å². The van der Waals surface area contributed by atoms with Crippen LogP contribution in [-0.4, -0.2) is 5.78 Å². The Labute approximate surface area is 110 Å². The fourth-order valence-corrected chi connectivity index (χ4v) is 1.80. The summed E-state index contributed by atoms with van der Waals surface area (Å²) in [6.45, 7) is 0. The number of hydrogen-bond donors (Lipinski definition) is 0. The molecule has 0 fully saturated rings. The van der Waals surface area contributed by atoms with Gasteiger partial charge in [-0.25, -0.2) is 17.6 Å². The van der Waals surface area contributed by atoms with Crippen LogP contribution >= 0.6 is 11.6 Å². The van der Waals surface area contributed by atoms with Crippen molar-refractivity contribution >= 4 is 17.4 Å². The van der Waals surface area contributed by atoms with Gasteiger partial charge in [-0.2, -0.15) is 0 Å². The van der Waals surface area contributed by atoms with E-state index in [1.807, 2.05) is 0 Å². The third-order valence-corrected chi connectivity index (χ3v) is 2.71. The van der Waals surface area contributed by atoms with Gasteiger partial charge in [0.15, 0.2) is 17.4 Å². The number of carbonyl (C=O) groups excluding carboxylic acids is 1. The summed E-state index contributed by atoms with van der Waals surface area (Å²) < 4.78 is 52.6. The standard InChI is InChI=1S/C13H5ClF4O/c14-9-1-2-10(17)12(18)11(9)13(19)6-3-7(15)5-8(16)4-6/h1-5H. The molecule has 98 valence electrons. The van der Waals surface area contributed by atoms with Crippen LogP contribution in [0.5, 0.6) is 0 Å². The first kappa shape index (κ1) is 13.5. The zero-order valence-corrected chi connectivity index (χ0v) is 9.94. The van der Waals surface area contributed by atoms with Crippen LogP contribution in [0.2, 0.25) is 5.02 Å². The Hall–Kier alpha value is -1.88. The Balaban J connectivity index is 2.59. The molecule has 6 heteroatoms. The quantitative estimate of drug-likeness (QED) is 0.461. The van der Waals surface area contributed by atoms with E-state index in [1.165, 1.54) is 0 Å². The number of rotatable bonds is 2. The maximum atomic E-state index is 13.5. The topological polar surface area (TPSA) is 17.1 Å². The van der Waals surface area contributed by atoms with Crippen molar-refractivity contribution in [2.24, 2.45) is 0 Å². The van der Waals surface area contributed by atoms with E-state index in [2.05, 4.69) is 0 Å². The van der Waals surface area contributed by atoms with Gasteiger partial charge in [-0.05, 0) is 24.3 Å². The minimum absolute atomic E-state index is 0.339. The Bertz CT molecular complexity index is 650. The van der Waals surface area contributed by atoms with Crippen LogP contribution in [0, 0.1) is 23.3 Å². The number of ketones is 1. The lowest BCUT2D eigenvalue weighted by molar-refractivity contribution is 0.103. The first-order valence-corrected chi connectivity index (χ1v) is 5.42. The highest BCUT2D eigenvalue weighted by atomic mass is 35.5. The molecule has 0 radical (unpaired) electrons. The van der Waals surface area contributed by atoms with Gasteiger partial charge >= 0.3 is 0 Å². The highest BCUT2D eigenvalue weighted by molar-refractivity contribution is 6.35. The Morgan fingerprint density at radius 2 is 1.53 bits per heavy atom. The van der Waals surface area contributed by atoms with Gasteiger partial charge in [0.25, 0.3) is 0 Å². The Morgan fingerprint density at radius 1 is 0.947 bits per heavy atom. The normalized spacial score (nSPS) is 10.6. The van der Waals surface area contributed by atoms with Gasteiger partial charge in [0.1, 0.15) is 11.6 Å². The van der Waals surface area contributed by atoms with Crippen molar-refractivity contribution in [2.75, 3.05) is 0 Å². The third-order valence-electron chi connectivity index (χ3n) is 2.40. The molecule has 0 saturated heterocycles. The summed E-state index contributed by atoms with van der Waals surface area (Å²) in [6.07, 6.45) is 0. The molecule has 0 atom stereocenters. The largest absolute Gasteiger partial charge is 0.288 e. The van der Waals surface area contributed by atoms with E-state index >= 15 is 0 Å². The number of carbonyl (C=O) groups is 1. The van der Waals surface area contributed by atoms with Crippen molar-refractivity contribution in [1.29, 1.82) is 0 Å². The number of halogens is 5. The van der Waals surface area contributed by atoms with Crippen molar-refractivity contribution in [2.45, 2.75) is 0 Å². The molecule has 0 unspecified atom stereocenters. The molecule has 2 rings (SSSR count). The molecule has 0 aliphatic rings. The fourth-order valence-electron chi connectivity index (χ4n) is 1.56. The van der Waals surface area contributed by atoms with Crippen LogP contribution < -0.4 is 0 Å². The lowest BCUT2D eigenvalue weighted by Crippen LogP contribution is -2.08. The first-order chi connectivity index (χ1) is 8.90. The van der Waals surface area contributed by atoms with Gasteiger partial charge in [-0.15, -0.1) is 0 Å². The van der Waals surface area contributed by atoms with Gasteiger partial charge in [0, 0.05) is 11.6 Å². The van der Waals surface area contributed by atoms with Crippen LogP contribution in [0.4, 0.5) is 17.6 Å². The second-order valence-corrected chi connectivity index (χ2v) is 4.11. The van der Waals surface area contributed by atoms with Crippen LogP contribution in [0.3, 0.4) is 0 Å². The molecular formula is C13H5ClF4O. The highest BCUT2D eigenvalue weighted by Crippen LogP contribution is 2.25. The van der Waals surface area contributed by atoms with Gasteiger partial charge in [-0.3, -0.25) is 4.79 Å². The summed E-state index contributed by atoms with van der Waals surface area (Å²) in [7, 11) is 0. The van der Waals surface area contributed by atoms with E-state index in [-0.39, 0.29) is 5.02 Å². The smallest absolute Gasteiger partial charge is 0.197 e. The maximum absolute atomic E-state index is 13.5. The predicted octanol–water partition coefficient (Wildman–Crippen LogP) is 4.13. The molecule has 2 aromatic carbocycles. The summed E-state index contributed by atoms with van der Waals surface area (Å²) in [5.41, 5.74) is -1.21. The van der Waals surface area contributed by atoms with Crippen LogP contribution in [0.1, 0.15) is 15.9 Å². The molecule has 0 aliphatic heterocycles. The van der Waals surface area contributed by atoms with Gasteiger partial charge in [0.05, 0.1) is 10.6 Å². The average Bonchev–Trinajstić information content (AvgIpc) is 2.33. The summed E-state index contributed by atoms with van der Waals surface area (Å²) in [4.78, 5) is 11.9. The molecule has 0 aromatic heterocycles. The van der Waals surface area contributed by atoms with Crippen molar-refractivity contribution in [1.82, 2.24) is 0 Å². The Morgan fingerprint density at radius 3 is 2.11 bits per heavy atom. The molecule has 0 saturated carbocycles. The second-order valence-electron chi connectivity index (χ2n) is 3.71. The number of benzene rings is 2. The van der Waals surface area contributed by atoms with Crippen LogP contribution in [-0.2, 0) is 0 Å². The van der Waals surface area contributed by atoms with E-state index in [0.29, 0.717) is 18.2 Å². The molecule has 19 heavy (non-hydrogen) atoms. The minimum atomic E-state index is -1.46. The maximum Gasteiger partial charge on any atom is 0.197 e. The zero-order valence-electron chi connectivity index (χ0n) is 9.18. The van der Waals surface area contributed by atoms with Gasteiger partial charge < -0.3 is 0 Å². The lowest BCUT2D eigenvalue weighted by atomic mass is 10.0. The summed E-state index contributed by atoms with van der Waals surface area (Å²) >= 11 is 5.61. The summed E-state index contributed by atoms with van der Waals surface area (Å²) in [5.74, 6) is -5.83. The van der Waals surface area contributed by atoms with Crippen LogP contribution in [0.15, 0.2) is 30.3 Å². The second kappa shape index (κ2) is 5.01. The van der Waals surface area contributed by atoms with Crippen molar-refractivity contribution in [3.8, 4) is 0 Å². The lowest BCUT2D eigenvalue weighted by Gasteiger charge is -2.06. The molecular weight excluding hydrogens is 284 g/mol. The molecule has 0 bridgehead atoms. The monoisotopic (exact) mass is 288 g/mol. The highest BCUT2D eigenvalue weighted by Gasteiger charge is 2.21. The zero-order chi connectivity index (χ0) is 14.2. The van der Waals surface area contributed by atoms with E-state index in [0.717, 1.165) is 12.1 Å². The fraction of sp³-hybridized carbons (Fsp3) is 0. The minimum Gasteiger partial charge on any atom is -0.288 e. The van der Waals surface area contributed by atoms with Crippen LogP contribution in [0.25, 0.3) is 0 Å². The van der Waals surface area contributed by atoms with E-state index < -0.39 is 40.2 Å². The molecule has 0 spiro atoms. The van der Waals surface area contributed by atoms with Gasteiger partial charge in [0.2, 0.25) is 0 Å². The third kappa shape index (κ3) is 2.61.